The number of nitrogens with one attached hydrogen (secondary N) is 1. The minimum Gasteiger partial charge on any atom is -0.504 e. The van der Waals surface area contributed by atoms with Gasteiger partial charge in [-0.3, -0.25) is 9.69 Å². The molecule has 0 atom stereocenters. The topological polar surface area (TPSA) is 110 Å². The van der Waals surface area contributed by atoms with Crippen LogP contribution in [0.3, 0.4) is 0 Å². The number of H-pyrrole nitrogens is 1. The largest absolute Gasteiger partial charge is 0.504 e. The standard InChI is InChI=1S/C18H23N3O4/c1-18(2,3)17-19-12-9-21(7-6-11(12)16(25)20-17)8-10-4-5-13(22)15(24)14(10)23/h4-5,22-24H,6-9H2,1-3H3,(H,19,20,25). The Balaban J connectivity index is 1.87. The highest BCUT2D eigenvalue weighted by atomic mass is 16.3. The third-order valence-corrected chi connectivity index (χ3v) is 4.47. The van der Waals surface area contributed by atoms with Crippen molar-refractivity contribution >= 4 is 0 Å². The first-order valence-corrected chi connectivity index (χ1v) is 8.24. The van der Waals surface area contributed by atoms with Crippen molar-refractivity contribution in [2.45, 2.75) is 45.7 Å². The summed E-state index contributed by atoms with van der Waals surface area (Å²) < 4.78 is 0. The molecule has 2 heterocycles. The van der Waals surface area contributed by atoms with Gasteiger partial charge in [0.25, 0.3) is 5.56 Å². The Bertz CT molecular complexity index is 868. The van der Waals surface area contributed by atoms with Gasteiger partial charge in [0.1, 0.15) is 5.82 Å². The zero-order chi connectivity index (χ0) is 18.4. The molecule has 0 fully saturated rings. The maximum atomic E-state index is 12.3. The maximum Gasteiger partial charge on any atom is 0.254 e. The van der Waals surface area contributed by atoms with Gasteiger partial charge >= 0.3 is 0 Å². The Morgan fingerprint density at radius 3 is 2.60 bits per heavy atom. The summed E-state index contributed by atoms with van der Waals surface area (Å²) in [5.41, 5.74) is 1.64. The van der Waals surface area contributed by atoms with Crippen LogP contribution in [-0.4, -0.2) is 36.7 Å². The first-order valence-electron chi connectivity index (χ1n) is 8.24. The molecule has 0 saturated carbocycles. The molecule has 1 aliphatic rings. The number of nitrogens with zero attached hydrogens (tertiary/aromatic N) is 2. The van der Waals surface area contributed by atoms with Gasteiger partial charge in [-0.2, -0.15) is 0 Å². The molecular weight excluding hydrogens is 322 g/mol. The lowest BCUT2D eigenvalue weighted by Gasteiger charge is -2.29. The normalized spacial score (nSPS) is 15.2. The van der Waals surface area contributed by atoms with Crippen molar-refractivity contribution in [1.82, 2.24) is 14.9 Å². The zero-order valence-electron chi connectivity index (χ0n) is 14.6. The fourth-order valence-corrected chi connectivity index (χ4v) is 2.96. The molecular formula is C18H23N3O4. The number of aromatic nitrogens is 2. The molecule has 25 heavy (non-hydrogen) atoms. The molecule has 1 aromatic carbocycles. The Morgan fingerprint density at radius 2 is 1.92 bits per heavy atom. The number of benzene rings is 1. The number of aromatic hydroxyl groups is 3. The van der Waals surface area contributed by atoms with Gasteiger partial charge in [0, 0.05) is 36.2 Å². The summed E-state index contributed by atoms with van der Waals surface area (Å²) in [6.45, 7) is 7.51. The summed E-state index contributed by atoms with van der Waals surface area (Å²) >= 11 is 0. The average molecular weight is 345 g/mol. The molecule has 0 radical (unpaired) electrons. The lowest BCUT2D eigenvalue weighted by molar-refractivity contribution is 0.235. The van der Waals surface area contributed by atoms with Gasteiger partial charge < -0.3 is 20.3 Å². The van der Waals surface area contributed by atoms with Crippen molar-refractivity contribution in [3.63, 3.8) is 0 Å². The van der Waals surface area contributed by atoms with Gasteiger partial charge in [0.2, 0.25) is 5.75 Å². The van der Waals surface area contributed by atoms with Gasteiger partial charge in [-0.05, 0) is 12.5 Å². The monoisotopic (exact) mass is 345 g/mol. The van der Waals surface area contributed by atoms with Gasteiger partial charge in [0.05, 0.1) is 5.69 Å². The van der Waals surface area contributed by atoms with Crippen LogP contribution in [0.2, 0.25) is 0 Å². The van der Waals surface area contributed by atoms with E-state index in [0.29, 0.717) is 43.0 Å². The number of rotatable bonds is 2. The van der Waals surface area contributed by atoms with Crippen LogP contribution in [0.15, 0.2) is 16.9 Å². The Morgan fingerprint density at radius 1 is 1.20 bits per heavy atom. The molecule has 4 N–H and O–H groups in total. The van der Waals surface area contributed by atoms with Crippen molar-refractivity contribution in [2.75, 3.05) is 6.54 Å². The van der Waals surface area contributed by atoms with Crippen LogP contribution in [0, 0.1) is 0 Å². The van der Waals surface area contributed by atoms with Gasteiger partial charge in [0.15, 0.2) is 11.5 Å². The fraction of sp³-hybridized carbons (Fsp3) is 0.444. The highest BCUT2D eigenvalue weighted by molar-refractivity contribution is 5.53. The number of phenols is 3. The Kier molecular flexibility index (Phi) is 4.20. The number of hydrogen-bond acceptors (Lipinski definition) is 6. The second kappa shape index (κ2) is 6.07. The molecule has 2 aromatic rings. The molecule has 0 saturated heterocycles. The summed E-state index contributed by atoms with van der Waals surface area (Å²) in [6, 6.07) is 2.93. The van der Waals surface area contributed by atoms with Crippen LogP contribution in [0.4, 0.5) is 0 Å². The molecule has 0 amide bonds. The van der Waals surface area contributed by atoms with Crippen LogP contribution in [-0.2, 0) is 24.9 Å². The van der Waals surface area contributed by atoms with Crippen molar-refractivity contribution in [3.05, 3.63) is 45.1 Å². The van der Waals surface area contributed by atoms with Crippen molar-refractivity contribution in [3.8, 4) is 17.2 Å². The molecule has 3 rings (SSSR count). The van der Waals surface area contributed by atoms with E-state index in [1.807, 2.05) is 25.7 Å². The average Bonchev–Trinajstić information content (AvgIpc) is 2.54. The van der Waals surface area contributed by atoms with Crippen LogP contribution in [0.1, 0.15) is 43.4 Å². The molecule has 0 unspecified atom stereocenters. The first kappa shape index (κ1) is 17.3. The molecule has 7 nitrogen and oxygen atoms in total. The quantitative estimate of drug-likeness (QED) is 0.617. The molecule has 0 spiro atoms. The number of fused-ring (bicyclic) bond motifs is 1. The van der Waals surface area contributed by atoms with Crippen molar-refractivity contribution in [2.24, 2.45) is 0 Å². The highest BCUT2D eigenvalue weighted by Crippen LogP contribution is 2.37. The number of aromatic amines is 1. The first-order chi connectivity index (χ1) is 11.7. The molecule has 1 aromatic heterocycles. The summed E-state index contributed by atoms with van der Waals surface area (Å²) in [5, 5.41) is 29.1. The lowest BCUT2D eigenvalue weighted by Crippen LogP contribution is -2.36. The zero-order valence-corrected chi connectivity index (χ0v) is 14.6. The van der Waals surface area contributed by atoms with Gasteiger partial charge in [-0.1, -0.05) is 26.8 Å². The number of hydrogen-bond donors (Lipinski definition) is 4. The van der Waals surface area contributed by atoms with E-state index in [9.17, 15) is 20.1 Å². The minimum atomic E-state index is -0.514. The summed E-state index contributed by atoms with van der Waals surface area (Å²) in [7, 11) is 0. The third-order valence-electron chi connectivity index (χ3n) is 4.47. The lowest BCUT2D eigenvalue weighted by atomic mass is 9.95. The van der Waals surface area contributed by atoms with E-state index in [1.165, 1.54) is 6.07 Å². The summed E-state index contributed by atoms with van der Waals surface area (Å²) in [4.78, 5) is 21.9. The fourth-order valence-electron chi connectivity index (χ4n) is 2.96. The summed E-state index contributed by atoms with van der Waals surface area (Å²) in [5.74, 6) is -0.531. The van der Waals surface area contributed by atoms with E-state index in [0.717, 1.165) is 5.69 Å². The SMILES string of the molecule is CC(C)(C)c1nc2c(c(=O)[nH]1)CCN(Cc1ccc(O)c(O)c1O)C2. The Labute approximate surface area is 145 Å². The highest BCUT2D eigenvalue weighted by Gasteiger charge is 2.25. The predicted octanol–water partition coefficient (Wildman–Crippen LogP) is 1.74. The van der Waals surface area contributed by atoms with Crippen molar-refractivity contribution in [1.29, 1.82) is 0 Å². The molecule has 1 aliphatic heterocycles. The molecule has 0 bridgehead atoms. The molecule has 134 valence electrons. The van der Waals surface area contributed by atoms with E-state index < -0.39 is 5.75 Å². The van der Waals surface area contributed by atoms with Gasteiger partial charge in [-0.25, -0.2) is 4.98 Å². The summed E-state index contributed by atoms with van der Waals surface area (Å²) in [6.07, 6.45) is 0.576. The van der Waals surface area contributed by atoms with E-state index in [1.54, 1.807) is 6.07 Å². The van der Waals surface area contributed by atoms with Gasteiger partial charge in [-0.15, -0.1) is 0 Å². The van der Waals surface area contributed by atoms with E-state index in [4.69, 9.17) is 0 Å². The molecule has 0 aliphatic carbocycles. The third kappa shape index (κ3) is 3.32. The number of phenolic OH excluding ortho intramolecular Hbond substituents is 3. The van der Waals surface area contributed by atoms with E-state index in [-0.39, 0.29) is 22.5 Å². The maximum absolute atomic E-state index is 12.3. The predicted molar refractivity (Wildman–Crippen MR) is 92.8 cm³/mol. The van der Waals surface area contributed by atoms with Crippen molar-refractivity contribution < 1.29 is 15.3 Å². The second-order valence-electron chi connectivity index (χ2n) is 7.49. The smallest absolute Gasteiger partial charge is 0.254 e. The molecule has 7 heteroatoms. The Hall–Kier alpha value is -2.54. The van der Waals surface area contributed by atoms with E-state index >= 15 is 0 Å². The van der Waals surface area contributed by atoms with Crippen LogP contribution >= 0.6 is 0 Å². The minimum absolute atomic E-state index is 0.0836. The van der Waals surface area contributed by atoms with Crippen LogP contribution in [0.25, 0.3) is 0 Å². The van der Waals surface area contributed by atoms with E-state index in [2.05, 4.69) is 9.97 Å². The second-order valence-corrected chi connectivity index (χ2v) is 7.49. The van der Waals surface area contributed by atoms with Crippen LogP contribution < -0.4 is 5.56 Å². The van der Waals surface area contributed by atoms with Crippen LogP contribution in [0.5, 0.6) is 17.2 Å².